The fourth-order valence-electron chi connectivity index (χ4n) is 2.08. The molecule has 0 aliphatic heterocycles. The molecular formula is C16H18N2O3S. The van der Waals surface area contributed by atoms with E-state index in [1.807, 2.05) is 19.9 Å². The fraction of sp³-hybridized carbons (Fsp3) is 0.188. The summed E-state index contributed by atoms with van der Waals surface area (Å²) in [7, 11) is -3.85. The van der Waals surface area contributed by atoms with Gasteiger partial charge in [0.2, 0.25) is 5.91 Å². The monoisotopic (exact) mass is 318 g/mol. The molecule has 0 fully saturated rings. The van der Waals surface area contributed by atoms with E-state index in [9.17, 15) is 13.2 Å². The van der Waals surface area contributed by atoms with Crippen LogP contribution in [0.4, 0.5) is 5.69 Å². The van der Waals surface area contributed by atoms with E-state index in [0.717, 1.165) is 15.4 Å². The second-order valence-electron chi connectivity index (χ2n) is 5.13. The minimum atomic E-state index is -3.85. The minimum absolute atomic E-state index is 0.126. The van der Waals surface area contributed by atoms with Crippen molar-refractivity contribution in [1.29, 1.82) is 0 Å². The summed E-state index contributed by atoms with van der Waals surface area (Å²) in [6.07, 6.45) is 0. The number of sulfonamides is 1. The van der Waals surface area contributed by atoms with Crippen LogP contribution in [0.25, 0.3) is 0 Å². The molecule has 2 N–H and O–H groups in total. The Kier molecular flexibility index (Phi) is 4.51. The van der Waals surface area contributed by atoms with Crippen LogP contribution in [0.15, 0.2) is 53.4 Å². The second kappa shape index (κ2) is 6.19. The van der Waals surface area contributed by atoms with Gasteiger partial charge in [0.1, 0.15) is 6.54 Å². The molecule has 0 heterocycles. The van der Waals surface area contributed by atoms with Gasteiger partial charge in [0.25, 0.3) is 10.0 Å². The summed E-state index contributed by atoms with van der Waals surface area (Å²) in [5.41, 5.74) is 7.49. The lowest BCUT2D eigenvalue weighted by molar-refractivity contribution is -0.116. The minimum Gasteiger partial charge on any atom is -0.368 e. The number of anilines is 1. The van der Waals surface area contributed by atoms with Crippen molar-refractivity contribution < 1.29 is 13.2 Å². The lowest BCUT2D eigenvalue weighted by Gasteiger charge is -2.23. The molecule has 0 saturated carbocycles. The lowest BCUT2D eigenvalue weighted by Crippen LogP contribution is -2.38. The number of nitrogens with two attached hydrogens (primary N) is 1. The number of aryl methyl sites for hydroxylation is 2. The van der Waals surface area contributed by atoms with Gasteiger partial charge in [0.05, 0.1) is 10.6 Å². The van der Waals surface area contributed by atoms with Gasteiger partial charge in [-0.05, 0) is 43.7 Å². The van der Waals surface area contributed by atoms with Crippen LogP contribution in [0, 0.1) is 13.8 Å². The van der Waals surface area contributed by atoms with Gasteiger partial charge in [0, 0.05) is 0 Å². The average molecular weight is 318 g/mol. The molecule has 1 amide bonds. The van der Waals surface area contributed by atoms with Crippen LogP contribution in [-0.2, 0) is 14.8 Å². The summed E-state index contributed by atoms with van der Waals surface area (Å²) in [6.45, 7) is 3.32. The maximum atomic E-state index is 12.8. The lowest BCUT2D eigenvalue weighted by atomic mass is 10.2. The first-order valence-electron chi connectivity index (χ1n) is 6.75. The Bertz CT molecular complexity index is 783. The van der Waals surface area contributed by atoms with Crippen molar-refractivity contribution in [1.82, 2.24) is 0 Å². The molecule has 0 aliphatic carbocycles. The normalized spacial score (nSPS) is 11.2. The Balaban J connectivity index is 2.53. The number of carbonyl (C=O) groups is 1. The van der Waals surface area contributed by atoms with Crippen LogP contribution < -0.4 is 10.0 Å². The molecule has 0 aromatic heterocycles. The smallest absolute Gasteiger partial charge is 0.264 e. The Morgan fingerprint density at radius 3 is 2.23 bits per heavy atom. The van der Waals surface area contributed by atoms with Gasteiger partial charge in [-0.15, -0.1) is 0 Å². The predicted octanol–water partition coefficient (Wildman–Crippen LogP) is 1.98. The number of rotatable bonds is 5. The van der Waals surface area contributed by atoms with E-state index in [1.54, 1.807) is 30.3 Å². The zero-order valence-electron chi connectivity index (χ0n) is 12.5. The molecule has 2 rings (SSSR count). The molecular weight excluding hydrogens is 300 g/mol. The molecule has 5 nitrogen and oxygen atoms in total. The molecule has 22 heavy (non-hydrogen) atoms. The van der Waals surface area contributed by atoms with Gasteiger partial charge in [0.15, 0.2) is 0 Å². The first-order valence-corrected chi connectivity index (χ1v) is 8.19. The summed E-state index contributed by atoms with van der Waals surface area (Å²) in [4.78, 5) is 11.4. The maximum absolute atomic E-state index is 12.8. The first-order chi connectivity index (χ1) is 10.3. The summed E-state index contributed by atoms with van der Waals surface area (Å²) >= 11 is 0. The van der Waals surface area contributed by atoms with Crippen molar-refractivity contribution in [2.75, 3.05) is 10.8 Å². The second-order valence-corrected chi connectivity index (χ2v) is 6.99. The van der Waals surface area contributed by atoms with E-state index in [2.05, 4.69) is 0 Å². The molecule has 2 aromatic carbocycles. The predicted molar refractivity (Wildman–Crippen MR) is 86.1 cm³/mol. The number of hydrogen-bond donors (Lipinski definition) is 1. The molecule has 0 bridgehead atoms. The standard InChI is InChI=1S/C16H18N2O3S/c1-12-6-8-15(9-7-12)22(20,21)18(11-16(17)19)14-5-3-4-13(2)10-14/h3-10H,11H2,1-2H3,(H2,17,19). The number of amides is 1. The van der Waals surface area contributed by atoms with Crippen LogP contribution in [0.1, 0.15) is 11.1 Å². The quantitative estimate of drug-likeness (QED) is 0.915. The van der Waals surface area contributed by atoms with E-state index in [1.165, 1.54) is 12.1 Å². The molecule has 0 spiro atoms. The van der Waals surface area contributed by atoms with Crippen LogP contribution in [0.3, 0.4) is 0 Å². The number of nitrogens with zero attached hydrogens (tertiary/aromatic N) is 1. The highest BCUT2D eigenvalue weighted by molar-refractivity contribution is 7.92. The Labute approximate surface area is 130 Å². The van der Waals surface area contributed by atoms with Gasteiger partial charge < -0.3 is 5.73 Å². The largest absolute Gasteiger partial charge is 0.368 e. The molecule has 0 aliphatic rings. The van der Waals surface area contributed by atoms with E-state index in [4.69, 9.17) is 5.73 Å². The van der Waals surface area contributed by atoms with Crippen molar-refractivity contribution >= 4 is 21.6 Å². The van der Waals surface area contributed by atoms with E-state index < -0.39 is 22.5 Å². The summed E-state index contributed by atoms with van der Waals surface area (Å²) in [6, 6.07) is 13.4. The van der Waals surface area contributed by atoms with Crippen molar-refractivity contribution in [2.24, 2.45) is 5.73 Å². The Morgan fingerprint density at radius 1 is 1.05 bits per heavy atom. The Morgan fingerprint density at radius 2 is 1.68 bits per heavy atom. The first kappa shape index (κ1) is 16.0. The molecule has 0 radical (unpaired) electrons. The van der Waals surface area contributed by atoms with Crippen LogP contribution in [-0.4, -0.2) is 20.9 Å². The zero-order valence-corrected chi connectivity index (χ0v) is 13.3. The third kappa shape index (κ3) is 3.46. The highest BCUT2D eigenvalue weighted by atomic mass is 32.2. The summed E-state index contributed by atoms with van der Waals surface area (Å²) < 4.78 is 26.7. The van der Waals surface area contributed by atoms with E-state index in [-0.39, 0.29) is 4.90 Å². The molecule has 2 aromatic rings. The number of carbonyl (C=O) groups excluding carboxylic acids is 1. The summed E-state index contributed by atoms with van der Waals surface area (Å²) in [5.74, 6) is -0.711. The SMILES string of the molecule is Cc1ccc(S(=O)(=O)N(CC(N)=O)c2cccc(C)c2)cc1. The molecule has 0 unspecified atom stereocenters. The van der Waals surface area contributed by atoms with Crippen molar-refractivity contribution in [3.05, 3.63) is 59.7 Å². The number of hydrogen-bond acceptors (Lipinski definition) is 3. The molecule has 6 heteroatoms. The van der Waals surface area contributed by atoms with Crippen LogP contribution in [0.2, 0.25) is 0 Å². The maximum Gasteiger partial charge on any atom is 0.264 e. The Hall–Kier alpha value is -2.34. The van der Waals surface area contributed by atoms with Crippen LogP contribution in [0.5, 0.6) is 0 Å². The molecule has 116 valence electrons. The third-order valence-corrected chi connectivity index (χ3v) is 4.99. The van der Waals surface area contributed by atoms with Gasteiger partial charge in [-0.25, -0.2) is 8.42 Å². The van der Waals surface area contributed by atoms with Gasteiger partial charge in [-0.2, -0.15) is 0 Å². The molecule has 0 saturated heterocycles. The number of benzene rings is 2. The van der Waals surface area contributed by atoms with Crippen molar-refractivity contribution in [3.63, 3.8) is 0 Å². The zero-order chi connectivity index (χ0) is 16.3. The van der Waals surface area contributed by atoms with Gasteiger partial charge in [-0.1, -0.05) is 29.8 Å². The van der Waals surface area contributed by atoms with Crippen molar-refractivity contribution in [3.8, 4) is 0 Å². The van der Waals surface area contributed by atoms with E-state index in [0.29, 0.717) is 5.69 Å². The van der Waals surface area contributed by atoms with Gasteiger partial charge in [-0.3, -0.25) is 9.10 Å². The average Bonchev–Trinajstić information content (AvgIpc) is 2.45. The van der Waals surface area contributed by atoms with Gasteiger partial charge >= 0.3 is 0 Å². The fourth-order valence-corrected chi connectivity index (χ4v) is 3.50. The molecule has 0 atom stereocenters. The van der Waals surface area contributed by atoms with Crippen LogP contribution >= 0.6 is 0 Å². The highest BCUT2D eigenvalue weighted by Crippen LogP contribution is 2.24. The number of primary amides is 1. The highest BCUT2D eigenvalue weighted by Gasteiger charge is 2.26. The summed E-state index contributed by atoms with van der Waals surface area (Å²) in [5, 5.41) is 0. The topological polar surface area (TPSA) is 80.5 Å². The van der Waals surface area contributed by atoms with Crippen molar-refractivity contribution in [2.45, 2.75) is 18.7 Å². The van der Waals surface area contributed by atoms with E-state index >= 15 is 0 Å². The third-order valence-electron chi connectivity index (χ3n) is 3.20.